The molecule has 0 aliphatic rings. The average Bonchev–Trinajstić information content (AvgIpc) is 2.21. The third-order valence-electron chi connectivity index (χ3n) is 1.65. The molecular weight excluding hydrogens is 252 g/mol. The number of nitro groups is 1. The highest BCUT2D eigenvalue weighted by molar-refractivity contribution is 7.85. The normalized spacial score (nSPS) is 12.1. The van der Waals surface area contributed by atoms with Crippen LogP contribution in [0.3, 0.4) is 0 Å². The molecule has 0 saturated carbocycles. The molecule has 0 fully saturated rings. The SMILES string of the molecule is C/S(Cc1cnc(Cl)c([N+](=O)[O-])c1)=N\C#N. The molecule has 0 bridgehead atoms. The summed E-state index contributed by atoms with van der Waals surface area (Å²) in [6, 6.07) is 1.35. The molecule has 0 spiro atoms. The van der Waals surface area contributed by atoms with Crippen molar-refractivity contribution in [2.24, 2.45) is 4.36 Å². The van der Waals surface area contributed by atoms with Crippen LogP contribution in [0, 0.1) is 21.6 Å². The molecule has 0 aliphatic heterocycles. The molecule has 16 heavy (non-hydrogen) atoms. The number of aromatic nitrogens is 1. The van der Waals surface area contributed by atoms with Crippen LogP contribution in [0.4, 0.5) is 5.69 Å². The van der Waals surface area contributed by atoms with Crippen LogP contribution in [0.25, 0.3) is 0 Å². The van der Waals surface area contributed by atoms with Crippen molar-refractivity contribution in [3.05, 3.63) is 33.1 Å². The Bertz CT molecular complexity index is 497. The van der Waals surface area contributed by atoms with Crippen LogP contribution in [0.15, 0.2) is 16.6 Å². The second kappa shape index (κ2) is 5.53. The van der Waals surface area contributed by atoms with Gasteiger partial charge in [-0.05, 0) is 11.8 Å². The van der Waals surface area contributed by atoms with Gasteiger partial charge in [0.05, 0.1) is 4.92 Å². The van der Waals surface area contributed by atoms with Gasteiger partial charge < -0.3 is 0 Å². The van der Waals surface area contributed by atoms with E-state index < -0.39 is 15.6 Å². The predicted molar refractivity (Wildman–Crippen MR) is 60.9 cm³/mol. The Balaban J connectivity index is 3.01. The molecule has 8 heteroatoms. The molecule has 1 heterocycles. The number of pyridine rings is 1. The van der Waals surface area contributed by atoms with Crippen molar-refractivity contribution in [1.29, 1.82) is 5.26 Å². The molecule has 0 aliphatic carbocycles. The zero-order valence-electron chi connectivity index (χ0n) is 8.25. The minimum atomic E-state index is -0.589. The Labute approximate surface area is 99.1 Å². The third-order valence-corrected chi connectivity index (χ3v) is 3.08. The van der Waals surface area contributed by atoms with Gasteiger partial charge in [0.1, 0.15) is 0 Å². The first-order chi connectivity index (χ1) is 7.54. The van der Waals surface area contributed by atoms with E-state index >= 15 is 0 Å². The smallest absolute Gasteiger partial charge is 0.258 e. The number of nitrogens with zero attached hydrogens (tertiary/aromatic N) is 4. The average molecular weight is 259 g/mol. The second-order valence-corrected chi connectivity index (χ2v) is 4.88. The van der Waals surface area contributed by atoms with Gasteiger partial charge in [-0.15, -0.1) is 0 Å². The van der Waals surface area contributed by atoms with Crippen molar-refractivity contribution in [2.75, 3.05) is 6.26 Å². The van der Waals surface area contributed by atoms with Gasteiger partial charge >= 0.3 is 5.69 Å². The molecule has 1 aromatic heterocycles. The Morgan fingerprint density at radius 3 is 3.06 bits per heavy atom. The molecule has 0 N–H and O–H groups in total. The van der Waals surface area contributed by atoms with E-state index in [9.17, 15) is 10.1 Å². The number of halogens is 1. The van der Waals surface area contributed by atoms with Crippen molar-refractivity contribution in [3.63, 3.8) is 0 Å². The summed E-state index contributed by atoms with van der Waals surface area (Å²) in [7, 11) is -0.491. The lowest BCUT2D eigenvalue weighted by atomic mass is 10.3. The summed E-state index contributed by atoms with van der Waals surface area (Å²) in [5.74, 6) is 0.443. The highest BCUT2D eigenvalue weighted by Gasteiger charge is 2.14. The van der Waals surface area contributed by atoms with Crippen LogP contribution in [0.1, 0.15) is 5.56 Å². The summed E-state index contributed by atoms with van der Waals surface area (Å²) in [5.41, 5.74) is 0.411. The molecule has 0 amide bonds. The largest absolute Gasteiger partial charge is 0.306 e. The predicted octanol–water partition coefficient (Wildman–Crippen LogP) is 2.06. The topological polar surface area (TPSA) is 92.2 Å². The van der Waals surface area contributed by atoms with E-state index in [1.165, 1.54) is 12.3 Å². The molecular formula is C8H7ClN4O2S. The molecule has 0 radical (unpaired) electrons. The fourth-order valence-corrected chi connectivity index (χ4v) is 2.04. The number of nitriles is 1. The minimum absolute atomic E-state index is 0.137. The van der Waals surface area contributed by atoms with Gasteiger partial charge in [-0.25, -0.2) is 4.98 Å². The van der Waals surface area contributed by atoms with Crippen molar-refractivity contribution in [1.82, 2.24) is 4.98 Å². The maximum Gasteiger partial charge on any atom is 0.306 e. The first kappa shape index (κ1) is 12.5. The zero-order valence-corrected chi connectivity index (χ0v) is 9.83. The van der Waals surface area contributed by atoms with E-state index in [0.29, 0.717) is 11.3 Å². The number of rotatable bonds is 3. The Hall–Kier alpha value is -1.52. The maximum atomic E-state index is 10.6. The second-order valence-electron chi connectivity index (χ2n) is 2.85. The first-order valence-electron chi connectivity index (χ1n) is 4.06. The van der Waals surface area contributed by atoms with Gasteiger partial charge in [-0.3, -0.25) is 10.1 Å². The monoisotopic (exact) mass is 258 g/mol. The Morgan fingerprint density at radius 2 is 2.50 bits per heavy atom. The quantitative estimate of drug-likeness (QED) is 0.359. The lowest BCUT2D eigenvalue weighted by molar-refractivity contribution is -0.385. The fraction of sp³-hybridized carbons (Fsp3) is 0.250. The number of hydrogen-bond donors (Lipinski definition) is 0. The summed E-state index contributed by atoms with van der Waals surface area (Å²) in [4.78, 5) is 13.7. The summed E-state index contributed by atoms with van der Waals surface area (Å²) in [6.07, 6.45) is 4.91. The van der Waals surface area contributed by atoms with Gasteiger partial charge in [0.25, 0.3) is 0 Å². The van der Waals surface area contributed by atoms with Gasteiger partial charge in [-0.2, -0.15) is 9.62 Å². The van der Waals surface area contributed by atoms with E-state index in [0.717, 1.165) is 0 Å². The molecule has 84 valence electrons. The van der Waals surface area contributed by atoms with Crippen molar-refractivity contribution in [2.45, 2.75) is 5.75 Å². The summed E-state index contributed by atoms with van der Waals surface area (Å²) < 4.78 is 3.62. The van der Waals surface area contributed by atoms with Crippen LogP contribution in [-0.4, -0.2) is 16.2 Å². The molecule has 1 atom stereocenters. The van der Waals surface area contributed by atoms with Crippen molar-refractivity contribution < 1.29 is 4.92 Å². The minimum Gasteiger partial charge on any atom is -0.258 e. The standard InChI is InChI=1S/C8H7ClN4O2S/c1-16(12-5-10)4-6-2-7(13(14)15)8(9)11-3-6/h2-3H,4H2,1H3. The van der Waals surface area contributed by atoms with Gasteiger partial charge in [0.15, 0.2) is 0 Å². The highest BCUT2D eigenvalue weighted by atomic mass is 35.5. The lowest BCUT2D eigenvalue weighted by Crippen LogP contribution is -1.97. The van der Waals surface area contributed by atoms with Gasteiger partial charge in [-0.1, -0.05) is 22.3 Å². The molecule has 0 aromatic carbocycles. The van der Waals surface area contributed by atoms with E-state index in [2.05, 4.69) is 9.35 Å². The maximum absolute atomic E-state index is 10.6. The number of hydrogen-bond acceptors (Lipinski definition) is 5. The highest BCUT2D eigenvalue weighted by Crippen LogP contribution is 2.22. The van der Waals surface area contributed by atoms with Gasteiger partial charge in [0, 0.05) is 18.0 Å². The Kier molecular flexibility index (Phi) is 4.34. The molecule has 0 saturated heterocycles. The van der Waals surface area contributed by atoms with Crippen LogP contribution in [0.2, 0.25) is 5.15 Å². The van der Waals surface area contributed by atoms with E-state index in [1.54, 1.807) is 12.4 Å². The van der Waals surface area contributed by atoms with E-state index in [4.69, 9.17) is 16.9 Å². The Morgan fingerprint density at radius 1 is 1.81 bits per heavy atom. The molecule has 6 nitrogen and oxygen atoms in total. The molecule has 1 aromatic rings. The van der Waals surface area contributed by atoms with Crippen LogP contribution in [0.5, 0.6) is 0 Å². The zero-order chi connectivity index (χ0) is 12.1. The van der Waals surface area contributed by atoms with Crippen molar-refractivity contribution >= 4 is 28.0 Å². The van der Waals surface area contributed by atoms with Gasteiger partial charge in [0.2, 0.25) is 11.3 Å². The van der Waals surface area contributed by atoms with E-state index in [1.807, 2.05) is 0 Å². The van der Waals surface area contributed by atoms with Crippen LogP contribution >= 0.6 is 11.6 Å². The summed E-state index contributed by atoms with van der Waals surface area (Å²) >= 11 is 5.56. The van der Waals surface area contributed by atoms with Crippen molar-refractivity contribution in [3.8, 4) is 6.19 Å². The fourth-order valence-electron chi connectivity index (χ4n) is 1.03. The van der Waals surface area contributed by atoms with E-state index in [-0.39, 0.29) is 10.8 Å². The van der Waals surface area contributed by atoms with Crippen LogP contribution < -0.4 is 0 Å². The summed E-state index contributed by atoms with van der Waals surface area (Å²) in [6.45, 7) is 0. The third kappa shape index (κ3) is 3.25. The summed E-state index contributed by atoms with van der Waals surface area (Å²) in [5, 5.41) is 18.8. The molecule has 1 unspecified atom stereocenters. The lowest BCUT2D eigenvalue weighted by Gasteiger charge is -2.01. The molecule has 1 rings (SSSR count). The first-order valence-corrected chi connectivity index (χ1v) is 6.19. The van der Waals surface area contributed by atoms with Crippen LogP contribution in [-0.2, 0) is 16.4 Å².